The quantitative estimate of drug-likeness (QED) is 0.914. The van der Waals surface area contributed by atoms with Gasteiger partial charge < -0.3 is 15.4 Å². The SMILES string of the molecule is COc1ccccc1C(N)c1ccc(N(C)C)cc1. The molecule has 0 fully saturated rings. The van der Waals surface area contributed by atoms with Crippen LogP contribution in [-0.2, 0) is 0 Å². The third-order valence-electron chi connectivity index (χ3n) is 3.24. The average Bonchev–Trinajstić information content (AvgIpc) is 2.46. The fourth-order valence-electron chi connectivity index (χ4n) is 2.08. The molecule has 0 aliphatic rings. The summed E-state index contributed by atoms with van der Waals surface area (Å²) in [5, 5.41) is 0. The minimum absolute atomic E-state index is 0.174. The van der Waals surface area contributed by atoms with Crippen molar-refractivity contribution in [3.8, 4) is 5.75 Å². The highest BCUT2D eigenvalue weighted by Crippen LogP contribution is 2.28. The van der Waals surface area contributed by atoms with Crippen molar-refractivity contribution in [1.29, 1.82) is 0 Å². The summed E-state index contributed by atoms with van der Waals surface area (Å²) in [5.41, 5.74) is 9.57. The van der Waals surface area contributed by atoms with Gasteiger partial charge in [0.25, 0.3) is 0 Å². The number of nitrogens with two attached hydrogens (primary N) is 1. The predicted octanol–water partition coefficient (Wildman–Crippen LogP) is 2.81. The van der Waals surface area contributed by atoms with Crippen LogP contribution in [0.15, 0.2) is 48.5 Å². The number of methoxy groups -OCH3 is 1. The van der Waals surface area contributed by atoms with Crippen LogP contribution in [0.25, 0.3) is 0 Å². The smallest absolute Gasteiger partial charge is 0.123 e. The molecule has 0 aliphatic heterocycles. The summed E-state index contributed by atoms with van der Waals surface area (Å²) < 4.78 is 5.36. The van der Waals surface area contributed by atoms with Gasteiger partial charge in [-0.3, -0.25) is 0 Å². The molecule has 0 aliphatic carbocycles. The largest absolute Gasteiger partial charge is 0.496 e. The number of ether oxygens (including phenoxy) is 1. The molecule has 19 heavy (non-hydrogen) atoms. The van der Waals surface area contributed by atoms with Crippen molar-refractivity contribution in [1.82, 2.24) is 0 Å². The number of hydrogen-bond donors (Lipinski definition) is 1. The molecule has 3 heteroatoms. The number of hydrogen-bond acceptors (Lipinski definition) is 3. The summed E-state index contributed by atoms with van der Waals surface area (Å²) >= 11 is 0. The van der Waals surface area contributed by atoms with E-state index in [1.807, 2.05) is 38.4 Å². The average molecular weight is 256 g/mol. The second kappa shape index (κ2) is 5.76. The molecule has 0 saturated heterocycles. The van der Waals surface area contributed by atoms with E-state index in [-0.39, 0.29) is 6.04 Å². The van der Waals surface area contributed by atoms with Crippen LogP contribution in [0, 0.1) is 0 Å². The highest BCUT2D eigenvalue weighted by atomic mass is 16.5. The van der Waals surface area contributed by atoms with E-state index in [1.54, 1.807) is 7.11 Å². The Morgan fingerprint density at radius 3 is 2.21 bits per heavy atom. The molecular weight excluding hydrogens is 236 g/mol. The molecule has 2 rings (SSSR count). The Morgan fingerprint density at radius 2 is 1.63 bits per heavy atom. The van der Waals surface area contributed by atoms with Gasteiger partial charge in [-0.05, 0) is 23.8 Å². The Kier molecular flexibility index (Phi) is 4.07. The van der Waals surface area contributed by atoms with E-state index in [1.165, 1.54) is 0 Å². The highest BCUT2D eigenvalue weighted by Gasteiger charge is 2.13. The van der Waals surface area contributed by atoms with Crippen molar-refractivity contribution >= 4 is 5.69 Å². The van der Waals surface area contributed by atoms with Crippen molar-refractivity contribution in [2.75, 3.05) is 26.1 Å². The Morgan fingerprint density at radius 1 is 1.00 bits per heavy atom. The topological polar surface area (TPSA) is 38.5 Å². The summed E-state index contributed by atoms with van der Waals surface area (Å²) in [7, 11) is 5.71. The van der Waals surface area contributed by atoms with Crippen molar-refractivity contribution in [3.05, 3.63) is 59.7 Å². The lowest BCUT2D eigenvalue weighted by atomic mass is 9.98. The zero-order valence-corrected chi connectivity index (χ0v) is 11.6. The molecule has 1 atom stereocenters. The van der Waals surface area contributed by atoms with Crippen LogP contribution in [-0.4, -0.2) is 21.2 Å². The van der Waals surface area contributed by atoms with Crippen molar-refractivity contribution in [2.45, 2.75) is 6.04 Å². The van der Waals surface area contributed by atoms with Crippen LogP contribution < -0.4 is 15.4 Å². The second-order valence-electron chi connectivity index (χ2n) is 4.71. The maximum atomic E-state index is 6.33. The number of nitrogens with zero attached hydrogens (tertiary/aromatic N) is 1. The Labute approximate surface area is 114 Å². The van der Waals surface area contributed by atoms with Crippen LogP contribution in [0.4, 0.5) is 5.69 Å². The lowest BCUT2D eigenvalue weighted by Crippen LogP contribution is -2.14. The first kappa shape index (κ1) is 13.4. The number of anilines is 1. The van der Waals surface area contributed by atoms with Crippen molar-refractivity contribution < 1.29 is 4.74 Å². The zero-order chi connectivity index (χ0) is 13.8. The van der Waals surface area contributed by atoms with E-state index < -0.39 is 0 Å². The van der Waals surface area contributed by atoms with E-state index in [0.717, 1.165) is 22.6 Å². The zero-order valence-electron chi connectivity index (χ0n) is 11.6. The van der Waals surface area contributed by atoms with Crippen molar-refractivity contribution in [2.24, 2.45) is 5.73 Å². The van der Waals surface area contributed by atoms with Gasteiger partial charge in [0.05, 0.1) is 13.2 Å². The van der Waals surface area contributed by atoms with Gasteiger partial charge in [-0.2, -0.15) is 0 Å². The summed E-state index contributed by atoms with van der Waals surface area (Å²) in [6.07, 6.45) is 0. The van der Waals surface area contributed by atoms with E-state index in [0.29, 0.717) is 0 Å². The summed E-state index contributed by atoms with van der Waals surface area (Å²) in [4.78, 5) is 2.07. The molecule has 100 valence electrons. The summed E-state index contributed by atoms with van der Waals surface area (Å²) in [5.74, 6) is 0.826. The van der Waals surface area contributed by atoms with Crippen LogP contribution >= 0.6 is 0 Å². The van der Waals surface area contributed by atoms with E-state index in [9.17, 15) is 0 Å². The van der Waals surface area contributed by atoms with Crippen LogP contribution in [0.5, 0.6) is 5.75 Å². The van der Waals surface area contributed by atoms with Gasteiger partial charge >= 0.3 is 0 Å². The summed E-state index contributed by atoms with van der Waals surface area (Å²) in [6.45, 7) is 0. The van der Waals surface area contributed by atoms with Gasteiger partial charge in [0.15, 0.2) is 0 Å². The normalized spacial score (nSPS) is 12.0. The third-order valence-corrected chi connectivity index (χ3v) is 3.24. The van der Waals surface area contributed by atoms with Gasteiger partial charge in [-0.25, -0.2) is 0 Å². The van der Waals surface area contributed by atoms with E-state index in [4.69, 9.17) is 10.5 Å². The first-order valence-electron chi connectivity index (χ1n) is 6.29. The van der Waals surface area contributed by atoms with Crippen LogP contribution in [0.1, 0.15) is 17.2 Å². The van der Waals surface area contributed by atoms with Crippen molar-refractivity contribution in [3.63, 3.8) is 0 Å². The molecule has 0 heterocycles. The van der Waals surface area contributed by atoms with Gasteiger partial charge in [-0.15, -0.1) is 0 Å². The van der Waals surface area contributed by atoms with Gasteiger partial charge in [0.2, 0.25) is 0 Å². The molecule has 0 saturated carbocycles. The molecule has 2 aromatic carbocycles. The lowest BCUT2D eigenvalue weighted by molar-refractivity contribution is 0.408. The molecule has 0 radical (unpaired) electrons. The monoisotopic (exact) mass is 256 g/mol. The highest BCUT2D eigenvalue weighted by molar-refractivity contribution is 5.49. The lowest BCUT2D eigenvalue weighted by Gasteiger charge is -2.18. The first-order valence-corrected chi connectivity index (χ1v) is 6.29. The maximum absolute atomic E-state index is 6.33. The molecule has 0 spiro atoms. The molecule has 3 nitrogen and oxygen atoms in total. The standard InChI is InChI=1S/C16H20N2O/c1-18(2)13-10-8-12(9-11-13)16(17)14-6-4-5-7-15(14)19-3/h4-11,16H,17H2,1-3H3. The number of para-hydroxylation sites is 1. The molecule has 0 amide bonds. The molecule has 0 bridgehead atoms. The van der Waals surface area contributed by atoms with E-state index in [2.05, 4.69) is 29.2 Å². The molecular formula is C16H20N2O. The Hall–Kier alpha value is -2.00. The fraction of sp³-hybridized carbons (Fsp3) is 0.250. The molecule has 1 unspecified atom stereocenters. The number of rotatable bonds is 4. The first-order chi connectivity index (χ1) is 9.13. The van der Waals surface area contributed by atoms with Crippen LogP contribution in [0.2, 0.25) is 0 Å². The predicted molar refractivity (Wildman–Crippen MR) is 79.8 cm³/mol. The third kappa shape index (κ3) is 2.88. The maximum Gasteiger partial charge on any atom is 0.123 e. The minimum Gasteiger partial charge on any atom is -0.496 e. The Bertz CT molecular complexity index is 535. The van der Waals surface area contributed by atoms with Gasteiger partial charge in [-0.1, -0.05) is 30.3 Å². The number of benzene rings is 2. The van der Waals surface area contributed by atoms with Crippen LogP contribution in [0.3, 0.4) is 0 Å². The summed E-state index contributed by atoms with van der Waals surface area (Å²) in [6, 6.07) is 16.0. The molecule has 2 N–H and O–H groups in total. The molecule has 0 aromatic heterocycles. The fourth-order valence-corrected chi connectivity index (χ4v) is 2.08. The minimum atomic E-state index is -0.174. The Balaban J connectivity index is 2.30. The molecule has 2 aromatic rings. The van der Waals surface area contributed by atoms with Gasteiger partial charge in [0, 0.05) is 25.3 Å². The van der Waals surface area contributed by atoms with Gasteiger partial charge in [0.1, 0.15) is 5.75 Å². The second-order valence-corrected chi connectivity index (χ2v) is 4.71. The van der Waals surface area contributed by atoms with E-state index >= 15 is 0 Å².